The van der Waals surface area contributed by atoms with Crippen LogP contribution in [0.15, 0.2) is 29.2 Å². The Morgan fingerprint density at radius 1 is 1.04 bits per heavy atom. The van der Waals surface area contributed by atoms with Crippen molar-refractivity contribution < 1.29 is 13.2 Å². The molecule has 1 aromatic carbocycles. The maximum Gasteiger partial charge on any atom is 0.238 e. The maximum absolute atomic E-state index is 12.9. The molecule has 136 valence electrons. The summed E-state index contributed by atoms with van der Waals surface area (Å²) in [6.07, 6.45) is 7.94. The lowest BCUT2D eigenvalue weighted by atomic mass is 9.49. The fourth-order valence-electron chi connectivity index (χ4n) is 5.74. The second-order valence-electron chi connectivity index (χ2n) is 8.39. The third kappa shape index (κ3) is 3.34. The average Bonchev–Trinajstić information content (AvgIpc) is 2.53. The quantitative estimate of drug-likeness (QED) is 0.841. The Morgan fingerprint density at radius 2 is 1.56 bits per heavy atom. The molecule has 0 spiro atoms. The smallest absolute Gasteiger partial charge is 0.238 e. The summed E-state index contributed by atoms with van der Waals surface area (Å²) in [4.78, 5) is 13.0. The van der Waals surface area contributed by atoms with Crippen molar-refractivity contribution in [2.45, 2.75) is 49.8 Å². The van der Waals surface area contributed by atoms with Crippen LogP contribution in [0.25, 0.3) is 0 Å². The Hall–Kier alpha value is -1.40. The van der Waals surface area contributed by atoms with Gasteiger partial charge in [-0.25, -0.2) is 13.6 Å². The lowest BCUT2D eigenvalue weighted by Crippen LogP contribution is -2.53. The van der Waals surface area contributed by atoms with E-state index < -0.39 is 10.0 Å². The van der Waals surface area contributed by atoms with Gasteiger partial charge in [0.25, 0.3) is 0 Å². The van der Waals surface area contributed by atoms with E-state index in [2.05, 4.69) is 5.32 Å². The van der Waals surface area contributed by atoms with Crippen LogP contribution in [-0.4, -0.2) is 20.9 Å². The standard InChI is InChI=1S/C19H26N2O3S/c20-25(23,24)17-3-1-13(2-4-17)5-6-21-18(22)19-10-14-7-15(11-19)9-16(8-14)12-19/h1-4,14-16H,5-12H2,(H,21,22)(H2,20,23,24). The highest BCUT2D eigenvalue weighted by molar-refractivity contribution is 7.89. The summed E-state index contributed by atoms with van der Waals surface area (Å²) in [5.74, 6) is 2.54. The highest BCUT2D eigenvalue weighted by Gasteiger charge is 2.54. The van der Waals surface area contributed by atoms with E-state index in [-0.39, 0.29) is 16.2 Å². The SMILES string of the molecule is NS(=O)(=O)c1ccc(CCNC(=O)C23CC4CC(CC(C4)C2)C3)cc1. The minimum absolute atomic E-state index is 0.105. The molecular weight excluding hydrogens is 336 g/mol. The van der Waals surface area contributed by atoms with Gasteiger partial charge >= 0.3 is 0 Å². The Kier molecular flexibility index (Phi) is 4.15. The van der Waals surface area contributed by atoms with Crippen LogP contribution in [-0.2, 0) is 21.2 Å². The normalized spacial score (nSPS) is 33.4. The summed E-state index contributed by atoms with van der Waals surface area (Å²) in [6, 6.07) is 6.56. The van der Waals surface area contributed by atoms with Gasteiger partial charge in [-0.2, -0.15) is 0 Å². The van der Waals surface area contributed by atoms with E-state index in [4.69, 9.17) is 5.14 Å². The minimum Gasteiger partial charge on any atom is -0.355 e. The van der Waals surface area contributed by atoms with E-state index in [1.807, 2.05) is 0 Å². The molecular formula is C19H26N2O3S. The number of amides is 1. The summed E-state index contributed by atoms with van der Waals surface area (Å²) in [7, 11) is -3.65. The summed E-state index contributed by atoms with van der Waals surface area (Å²) < 4.78 is 22.5. The first-order valence-corrected chi connectivity index (χ1v) is 10.8. The van der Waals surface area contributed by atoms with Gasteiger partial charge in [-0.05, 0) is 80.4 Å². The zero-order valence-corrected chi connectivity index (χ0v) is 15.2. The van der Waals surface area contributed by atoms with Gasteiger partial charge in [0.15, 0.2) is 0 Å². The largest absolute Gasteiger partial charge is 0.355 e. The number of nitrogens with two attached hydrogens (primary N) is 1. The molecule has 5 rings (SSSR count). The van der Waals surface area contributed by atoms with E-state index >= 15 is 0 Å². The molecule has 4 fully saturated rings. The number of sulfonamides is 1. The summed E-state index contributed by atoms with van der Waals surface area (Å²) in [6.45, 7) is 0.593. The van der Waals surface area contributed by atoms with E-state index in [0.29, 0.717) is 13.0 Å². The van der Waals surface area contributed by atoms with Crippen molar-refractivity contribution in [3.05, 3.63) is 29.8 Å². The first-order valence-electron chi connectivity index (χ1n) is 9.24. The van der Waals surface area contributed by atoms with Gasteiger partial charge in [-0.15, -0.1) is 0 Å². The Morgan fingerprint density at radius 3 is 2.04 bits per heavy atom. The third-order valence-corrected chi connectivity index (χ3v) is 7.40. The van der Waals surface area contributed by atoms with Crippen LogP contribution in [0.3, 0.4) is 0 Å². The minimum atomic E-state index is -3.65. The van der Waals surface area contributed by atoms with Crippen LogP contribution in [0.5, 0.6) is 0 Å². The summed E-state index contributed by atoms with van der Waals surface area (Å²) in [5, 5.41) is 8.26. The van der Waals surface area contributed by atoms with Gasteiger partial charge in [0, 0.05) is 12.0 Å². The molecule has 0 radical (unpaired) electrons. The maximum atomic E-state index is 12.9. The topological polar surface area (TPSA) is 89.3 Å². The van der Waals surface area contributed by atoms with Crippen LogP contribution in [0, 0.1) is 23.2 Å². The van der Waals surface area contributed by atoms with Crippen LogP contribution in [0.4, 0.5) is 0 Å². The van der Waals surface area contributed by atoms with Crippen LogP contribution < -0.4 is 10.5 Å². The Balaban J connectivity index is 1.34. The van der Waals surface area contributed by atoms with E-state index in [1.165, 1.54) is 31.4 Å². The number of hydrogen-bond donors (Lipinski definition) is 2. The number of primary sulfonamides is 1. The predicted molar refractivity (Wildman–Crippen MR) is 95.1 cm³/mol. The molecule has 4 saturated carbocycles. The molecule has 0 atom stereocenters. The van der Waals surface area contributed by atoms with Gasteiger partial charge in [-0.1, -0.05) is 12.1 Å². The lowest BCUT2D eigenvalue weighted by molar-refractivity contribution is -0.146. The van der Waals surface area contributed by atoms with Crippen molar-refractivity contribution in [2.75, 3.05) is 6.54 Å². The molecule has 0 unspecified atom stereocenters. The number of carbonyl (C=O) groups excluding carboxylic acids is 1. The van der Waals surface area contributed by atoms with Crippen molar-refractivity contribution in [1.82, 2.24) is 5.32 Å². The van der Waals surface area contributed by atoms with Crippen molar-refractivity contribution in [1.29, 1.82) is 0 Å². The van der Waals surface area contributed by atoms with Gasteiger partial charge in [0.1, 0.15) is 0 Å². The molecule has 4 aliphatic rings. The molecule has 1 amide bonds. The molecule has 0 aliphatic heterocycles. The van der Waals surface area contributed by atoms with Crippen molar-refractivity contribution in [3.63, 3.8) is 0 Å². The number of benzene rings is 1. The first-order chi connectivity index (χ1) is 11.8. The van der Waals surface area contributed by atoms with Gasteiger partial charge < -0.3 is 5.32 Å². The molecule has 0 saturated heterocycles. The molecule has 25 heavy (non-hydrogen) atoms. The molecule has 4 bridgehead atoms. The molecule has 1 aromatic rings. The second-order valence-corrected chi connectivity index (χ2v) is 9.95. The van der Waals surface area contributed by atoms with E-state index in [0.717, 1.165) is 42.6 Å². The Bertz CT molecular complexity index is 735. The number of hydrogen-bond acceptors (Lipinski definition) is 3. The monoisotopic (exact) mass is 362 g/mol. The number of rotatable bonds is 5. The van der Waals surface area contributed by atoms with Crippen LogP contribution >= 0.6 is 0 Å². The third-order valence-electron chi connectivity index (χ3n) is 6.47. The summed E-state index contributed by atoms with van der Waals surface area (Å²) >= 11 is 0. The number of carbonyl (C=O) groups is 1. The molecule has 0 heterocycles. The van der Waals surface area contributed by atoms with Gasteiger partial charge in [0.05, 0.1) is 4.90 Å². The second kappa shape index (κ2) is 6.09. The summed E-state index contributed by atoms with van der Waals surface area (Å²) in [5.41, 5.74) is 0.893. The van der Waals surface area contributed by atoms with Crippen molar-refractivity contribution in [2.24, 2.45) is 28.3 Å². The van der Waals surface area contributed by atoms with E-state index in [9.17, 15) is 13.2 Å². The van der Waals surface area contributed by atoms with Gasteiger partial charge in [0.2, 0.25) is 15.9 Å². The highest BCUT2D eigenvalue weighted by atomic mass is 32.2. The highest BCUT2D eigenvalue weighted by Crippen LogP contribution is 2.60. The average molecular weight is 362 g/mol. The molecule has 5 nitrogen and oxygen atoms in total. The Labute approximate surface area is 149 Å². The first kappa shape index (κ1) is 17.0. The lowest BCUT2D eigenvalue weighted by Gasteiger charge is -2.55. The predicted octanol–water partition coefficient (Wildman–Crippen LogP) is 2.21. The fraction of sp³-hybridized carbons (Fsp3) is 0.632. The van der Waals surface area contributed by atoms with Crippen molar-refractivity contribution >= 4 is 15.9 Å². The molecule has 0 aromatic heterocycles. The van der Waals surface area contributed by atoms with Crippen molar-refractivity contribution in [3.8, 4) is 0 Å². The fourth-order valence-corrected chi connectivity index (χ4v) is 6.26. The molecule has 3 N–H and O–H groups in total. The van der Waals surface area contributed by atoms with Crippen LogP contribution in [0.2, 0.25) is 0 Å². The molecule has 6 heteroatoms. The number of nitrogens with one attached hydrogen (secondary N) is 1. The van der Waals surface area contributed by atoms with Gasteiger partial charge in [-0.3, -0.25) is 4.79 Å². The zero-order valence-electron chi connectivity index (χ0n) is 14.4. The van der Waals surface area contributed by atoms with E-state index in [1.54, 1.807) is 12.1 Å². The van der Waals surface area contributed by atoms with Crippen LogP contribution in [0.1, 0.15) is 44.1 Å². The molecule has 4 aliphatic carbocycles. The zero-order chi connectivity index (χ0) is 17.7.